The van der Waals surface area contributed by atoms with E-state index < -0.39 is 19.8 Å². The molecule has 2 aromatic carbocycles. The van der Waals surface area contributed by atoms with Crippen molar-refractivity contribution >= 4 is 30.6 Å². The van der Waals surface area contributed by atoms with Crippen LogP contribution in [0.1, 0.15) is 5.56 Å². The first-order chi connectivity index (χ1) is 6.68. The Morgan fingerprint density at radius 1 is 1.00 bits per heavy atom. The fraction of sp³-hybridized carbons (Fsp3) is 0.231. The van der Waals surface area contributed by atoms with Crippen molar-refractivity contribution in [2.24, 2.45) is 0 Å². The van der Waals surface area contributed by atoms with Gasteiger partial charge < -0.3 is 0 Å². The van der Waals surface area contributed by atoms with Gasteiger partial charge in [0.1, 0.15) is 0 Å². The predicted molar refractivity (Wildman–Crippen MR) is 73.3 cm³/mol. The van der Waals surface area contributed by atoms with E-state index in [2.05, 4.69) is 53.2 Å². The Bertz CT molecular complexity index is 458. The molecule has 1 heteroatoms. The molecule has 0 spiro atoms. The van der Waals surface area contributed by atoms with Crippen LogP contribution in [-0.2, 0) is 0 Å². The van der Waals surface area contributed by atoms with E-state index in [1.807, 2.05) is 0 Å². The molecule has 0 saturated heterocycles. The summed E-state index contributed by atoms with van der Waals surface area (Å²) in [6.07, 6.45) is 0. The number of hydrogen-bond donors (Lipinski definition) is 0. The van der Waals surface area contributed by atoms with E-state index in [9.17, 15) is 0 Å². The van der Waals surface area contributed by atoms with E-state index >= 15 is 0 Å². The molecule has 14 heavy (non-hydrogen) atoms. The number of hydrogen-bond acceptors (Lipinski definition) is 0. The third-order valence-electron chi connectivity index (χ3n) is 2.50. The molecule has 0 atom stereocenters. The first-order valence-electron chi connectivity index (χ1n) is 4.68. The number of aryl methyl sites for hydroxylation is 1. The molecule has 2 aromatic rings. The molecule has 0 bridgehead atoms. The molecule has 0 heterocycles. The molecule has 0 unspecified atom stereocenters. The minimum atomic E-state index is -0.819. The van der Waals surface area contributed by atoms with Gasteiger partial charge in [-0.25, -0.2) is 0 Å². The Balaban J connectivity index is 2.70. The van der Waals surface area contributed by atoms with Crippen molar-refractivity contribution in [2.45, 2.75) is 6.92 Å². The zero-order valence-corrected chi connectivity index (χ0v) is 11.0. The van der Waals surface area contributed by atoms with Crippen molar-refractivity contribution in [3.63, 3.8) is 0 Å². The standard InChI is InChI=1S/C13H15I/c1-10-5-4-6-11-7-8-12(14(2)3)9-13(10)11/h4-9H,1-3H3. The van der Waals surface area contributed by atoms with Gasteiger partial charge in [0, 0.05) is 0 Å². The summed E-state index contributed by atoms with van der Waals surface area (Å²) in [5.74, 6) is 0. The predicted octanol–water partition coefficient (Wildman–Crippen LogP) is 4.08. The Morgan fingerprint density at radius 3 is 2.50 bits per heavy atom. The van der Waals surface area contributed by atoms with Gasteiger partial charge in [0.05, 0.1) is 0 Å². The van der Waals surface area contributed by atoms with E-state index in [0.29, 0.717) is 0 Å². The number of benzene rings is 2. The van der Waals surface area contributed by atoms with Crippen LogP contribution in [0.3, 0.4) is 0 Å². The van der Waals surface area contributed by atoms with Crippen LogP contribution >= 0.6 is 19.8 Å². The fourth-order valence-corrected chi connectivity index (χ4v) is 3.47. The fourth-order valence-electron chi connectivity index (χ4n) is 1.64. The number of rotatable bonds is 1. The Morgan fingerprint density at radius 2 is 1.79 bits per heavy atom. The summed E-state index contributed by atoms with van der Waals surface area (Å²) in [5.41, 5.74) is 1.39. The van der Waals surface area contributed by atoms with Gasteiger partial charge in [0.25, 0.3) is 0 Å². The molecule has 0 N–H and O–H groups in total. The second-order valence-electron chi connectivity index (χ2n) is 3.70. The molecule has 0 amide bonds. The van der Waals surface area contributed by atoms with E-state index in [4.69, 9.17) is 0 Å². The summed E-state index contributed by atoms with van der Waals surface area (Å²) in [6.45, 7) is 2.19. The molecule has 0 aliphatic heterocycles. The summed E-state index contributed by atoms with van der Waals surface area (Å²) in [4.78, 5) is 4.78. The van der Waals surface area contributed by atoms with Gasteiger partial charge in [0.15, 0.2) is 0 Å². The molecule has 0 radical (unpaired) electrons. The normalized spacial score (nSPS) is 11.8. The van der Waals surface area contributed by atoms with Crippen LogP contribution in [-0.4, -0.2) is 9.86 Å². The molecular weight excluding hydrogens is 283 g/mol. The average Bonchev–Trinajstić information content (AvgIpc) is 2.18. The van der Waals surface area contributed by atoms with Gasteiger partial charge in [-0.3, -0.25) is 0 Å². The zero-order chi connectivity index (χ0) is 10.1. The van der Waals surface area contributed by atoms with Crippen LogP contribution in [0.4, 0.5) is 0 Å². The van der Waals surface area contributed by atoms with Gasteiger partial charge in [-0.05, 0) is 0 Å². The first kappa shape index (κ1) is 9.97. The maximum atomic E-state index is 2.39. The molecule has 74 valence electrons. The SMILES string of the molecule is Cc1cccc2ccc(I(C)C)cc12. The van der Waals surface area contributed by atoms with Crippen molar-refractivity contribution in [3.05, 3.63) is 45.5 Å². The van der Waals surface area contributed by atoms with Crippen molar-refractivity contribution in [1.29, 1.82) is 0 Å². The quantitative estimate of drug-likeness (QED) is 0.549. The second kappa shape index (κ2) is 3.89. The van der Waals surface area contributed by atoms with Crippen molar-refractivity contribution < 1.29 is 0 Å². The average molecular weight is 298 g/mol. The molecule has 0 aliphatic rings. The van der Waals surface area contributed by atoms with Crippen molar-refractivity contribution in [3.8, 4) is 0 Å². The monoisotopic (exact) mass is 298 g/mol. The van der Waals surface area contributed by atoms with Gasteiger partial charge in [-0.2, -0.15) is 0 Å². The zero-order valence-electron chi connectivity index (χ0n) is 8.84. The van der Waals surface area contributed by atoms with Crippen LogP contribution in [0.2, 0.25) is 0 Å². The molecule has 0 fully saturated rings. The summed E-state index contributed by atoms with van der Waals surface area (Å²) < 4.78 is 1.58. The summed E-state index contributed by atoms with van der Waals surface area (Å²) in [5, 5.41) is 2.79. The number of fused-ring (bicyclic) bond motifs is 1. The van der Waals surface area contributed by atoms with E-state index in [-0.39, 0.29) is 0 Å². The van der Waals surface area contributed by atoms with E-state index in [1.165, 1.54) is 16.3 Å². The number of alkyl halides is 2. The first-order valence-corrected chi connectivity index (χ1v) is 10.1. The number of halogens is 1. The summed E-state index contributed by atoms with van der Waals surface area (Å²) in [7, 11) is 0. The molecule has 0 nitrogen and oxygen atoms in total. The van der Waals surface area contributed by atoms with Crippen LogP contribution < -0.4 is 0 Å². The topological polar surface area (TPSA) is 0 Å². The minimum absolute atomic E-state index is 0.819. The molecular formula is C13H15I. The second-order valence-corrected chi connectivity index (χ2v) is 9.26. The van der Waals surface area contributed by atoms with Crippen LogP contribution in [0.15, 0.2) is 36.4 Å². The van der Waals surface area contributed by atoms with E-state index in [1.54, 1.807) is 3.57 Å². The maximum absolute atomic E-state index is 2.39. The summed E-state index contributed by atoms with van der Waals surface area (Å²) in [6, 6.07) is 13.5. The Labute approximate surface area is 92.7 Å². The van der Waals surface area contributed by atoms with Crippen LogP contribution in [0, 0.1) is 10.5 Å². The van der Waals surface area contributed by atoms with Gasteiger partial charge in [-0.15, -0.1) is 0 Å². The van der Waals surface area contributed by atoms with Gasteiger partial charge >= 0.3 is 92.9 Å². The Hall–Kier alpha value is -0.570. The third-order valence-corrected chi connectivity index (χ3v) is 5.66. The molecule has 0 aliphatic carbocycles. The Kier molecular flexibility index (Phi) is 2.77. The van der Waals surface area contributed by atoms with Crippen molar-refractivity contribution in [1.82, 2.24) is 0 Å². The third kappa shape index (κ3) is 1.78. The van der Waals surface area contributed by atoms with Gasteiger partial charge in [0.2, 0.25) is 0 Å². The molecule has 0 saturated carbocycles. The molecule has 0 aromatic heterocycles. The van der Waals surface area contributed by atoms with Crippen molar-refractivity contribution in [2.75, 3.05) is 9.86 Å². The van der Waals surface area contributed by atoms with Gasteiger partial charge in [-0.1, -0.05) is 0 Å². The van der Waals surface area contributed by atoms with Crippen LogP contribution in [0.25, 0.3) is 10.8 Å². The molecule has 2 rings (SSSR count). The summed E-state index contributed by atoms with van der Waals surface area (Å²) >= 11 is -0.819. The van der Waals surface area contributed by atoms with E-state index in [0.717, 1.165) is 0 Å². The van der Waals surface area contributed by atoms with Crippen LogP contribution in [0.5, 0.6) is 0 Å².